The van der Waals surface area contributed by atoms with E-state index >= 15 is 0 Å². The molecule has 336 valence electrons. The first-order chi connectivity index (χ1) is 34.4. The summed E-state index contributed by atoms with van der Waals surface area (Å²) in [6.45, 7) is 0. The second-order valence-electron chi connectivity index (χ2n) is 16.8. The summed E-state index contributed by atoms with van der Waals surface area (Å²) >= 11 is 0. The monoisotopic (exact) mass is 906 g/mol. The van der Waals surface area contributed by atoms with Crippen LogP contribution in [0.3, 0.4) is 0 Å². The molecule has 70 heavy (non-hydrogen) atoms. The standard InChI is InChI=1S/C64H46N2O4/c67-63(68)53-33-25-47(26-34-53)45-21-29-49(30-22-45)61(51-37-41-59(42-38-51)65(55-13-5-1-6-14-55)56-15-7-2-8-16-56)62(50-31-23-46(24-32-50)48-27-35-54(36-28-48)64(69)70)52-39-43-60(44-40-52)66(57-17-9-3-10-18-57)58-19-11-4-12-20-58/h1-44H,(H,67,68)(H,69,70). The highest BCUT2D eigenvalue weighted by Gasteiger charge is 2.20. The van der Waals surface area contributed by atoms with Gasteiger partial charge in [0.05, 0.1) is 11.1 Å². The van der Waals surface area contributed by atoms with Gasteiger partial charge in [-0.3, -0.25) is 0 Å². The Morgan fingerprint density at radius 2 is 0.414 bits per heavy atom. The number of anilines is 6. The summed E-state index contributed by atoms with van der Waals surface area (Å²) in [6.07, 6.45) is 0. The molecule has 10 aromatic carbocycles. The van der Waals surface area contributed by atoms with Gasteiger partial charge in [0, 0.05) is 34.1 Å². The van der Waals surface area contributed by atoms with Gasteiger partial charge in [-0.1, -0.05) is 170 Å². The molecule has 0 aromatic heterocycles. The lowest BCUT2D eigenvalue weighted by molar-refractivity contribution is 0.0686. The molecule has 0 amide bonds. The van der Waals surface area contributed by atoms with Crippen molar-refractivity contribution in [3.05, 3.63) is 300 Å². The van der Waals surface area contributed by atoms with Gasteiger partial charge in [-0.2, -0.15) is 0 Å². The molecule has 6 nitrogen and oxygen atoms in total. The van der Waals surface area contributed by atoms with E-state index in [2.05, 4.69) is 204 Å². The van der Waals surface area contributed by atoms with Gasteiger partial charge in [-0.25, -0.2) is 9.59 Å². The summed E-state index contributed by atoms with van der Waals surface area (Å²) in [7, 11) is 0. The fraction of sp³-hybridized carbons (Fsp3) is 0. The van der Waals surface area contributed by atoms with E-state index in [1.54, 1.807) is 24.3 Å². The highest BCUT2D eigenvalue weighted by atomic mass is 16.4. The molecule has 0 saturated heterocycles. The fourth-order valence-corrected chi connectivity index (χ4v) is 8.94. The van der Waals surface area contributed by atoms with Crippen LogP contribution in [0.25, 0.3) is 33.4 Å². The van der Waals surface area contributed by atoms with Crippen LogP contribution in [0, 0.1) is 0 Å². The van der Waals surface area contributed by atoms with Gasteiger partial charge in [-0.05, 0) is 153 Å². The third-order valence-electron chi connectivity index (χ3n) is 12.4. The smallest absolute Gasteiger partial charge is 0.335 e. The molecule has 0 saturated carbocycles. The van der Waals surface area contributed by atoms with E-state index < -0.39 is 11.9 Å². The Bertz CT molecular complexity index is 3080. The number of aromatic carboxylic acids is 2. The first kappa shape index (κ1) is 44.3. The van der Waals surface area contributed by atoms with Crippen LogP contribution in [0.1, 0.15) is 43.0 Å². The van der Waals surface area contributed by atoms with Crippen LogP contribution in [0.15, 0.2) is 267 Å². The topological polar surface area (TPSA) is 81.1 Å². The zero-order valence-corrected chi connectivity index (χ0v) is 38.0. The number of rotatable bonds is 14. The van der Waals surface area contributed by atoms with Crippen LogP contribution in [-0.2, 0) is 0 Å². The molecular weight excluding hydrogens is 861 g/mol. The highest BCUT2D eigenvalue weighted by Crippen LogP contribution is 2.42. The molecule has 2 N–H and O–H groups in total. The minimum atomic E-state index is -0.962. The molecule has 0 radical (unpaired) electrons. The maximum absolute atomic E-state index is 11.7. The molecule has 0 aliphatic heterocycles. The summed E-state index contributed by atoms with van der Waals surface area (Å²) < 4.78 is 0. The Balaban J connectivity index is 1.16. The van der Waals surface area contributed by atoms with Crippen molar-refractivity contribution in [2.75, 3.05) is 9.80 Å². The number of benzene rings is 10. The van der Waals surface area contributed by atoms with E-state index in [0.29, 0.717) is 0 Å². The van der Waals surface area contributed by atoms with Crippen LogP contribution in [0.5, 0.6) is 0 Å². The van der Waals surface area contributed by atoms with Gasteiger partial charge in [0.2, 0.25) is 0 Å². The lowest BCUT2D eigenvalue weighted by Gasteiger charge is -2.26. The molecule has 10 aromatic rings. The van der Waals surface area contributed by atoms with Crippen molar-refractivity contribution in [1.29, 1.82) is 0 Å². The minimum Gasteiger partial charge on any atom is -0.478 e. The first-order valence-electron chi connectivity index (χ1n) is 23.0. The molecule has 0 aliphatic rings. The van der Waals surface area contributed by atoms with E-state index in [-0.39, 0.29) is 11.1 Å². The van der Waals surface area contributed by atoms with E-state index in [9.17, 15) is 19.8 Å². The average Bonchev–Trinajstić information content (AvgIpc) is 3.42. The van der Waals surface area contributed by atoms with Gasteiger partial charge in [-0.15, -0.1) is 0 Å². The predicted molar refractivity (Wildman–Crippen MR) is 285 cm³/mol. The van der Waals surface area contributed by atoms with E-state index in [1.807, 2.05) is 48.5 Å². The van der Waals surface area contributed by atoms with Crippen LogP contribution >= 0.6 is 0 Å². The molecule has 6 heteroatoms. The maximum atomic E-state index is 11.7. The molecule has 0 heterocycles. The summed E-state index contributed by atoms with van der Waals surface area (Å²) in [5, 5.41) is 19.1. The molecule has 0 aliphatic carbocycles. The van der Waals surface area contributed by atoms with Crippen molar-refractivity contribution < 1.29 is 19.8 Å². The number of hydrogen-bond acceptors (Lipinski definition) is 4. The summed E-state index contributed by atoms with van der Waals surface area (Å²) in [5.41, 5.74) is 16.4. The second kappa shape index (κ2) is 20.1. The zero-order valence-electron chi connectivity index (χ0n) is 38.0. The fourth-order valence-electron chi connectivity index (χ4n) is 8.94. The second-order valence-corrected chi connectivity index (χ2v) is 16.8. The summed E-state index contributed by atoms with van der Waals surface area (Å²) in [5.74, 6) is -1.92. The van der Waals surface area contributed by atoms with Gasteiger partial charge in [0.1, 0.15) is 0 Å². The molecule has 0 atom stereocenters. The molecule has 0 spiro atoms. The Labute approximate surface area is 407 Å². The lowest BCUT2D eigenvalue weighted by Crippen LogP contribution is -2.10. The van der Waals surface area contributed by atoms with Gasteiger partial charge < -0.3 is 20.0 Å². The number of para-hydroxylation sites is 4. The first-order valence-corrected chi connectivity index (χ1v) is 23.0. The van der Waals surface area contributed by atoms with Crippen molar-refractivity contribution in [3.63, 3.8) is 0 Å². The number of carboxylic acids is 2. The largest absolute Gasteiger partial charge is 0.478 e. The Morgan fingerprint density at radius 1 is 0.229 bits per heavy atom. The van der Waals surface area contributed by atoms with Gasteiger partial charge in [0.25, 0.3) is 0 Å². The van der Waals surface area contributed by atoms with Crippen LogP contribution < -0.4 is 9.80 Å². The van der Waals surface area contributed by atoms with Crippen molar-refractivity contribution >= 4 is 57.2 Å². The normalized spacial score (nSPS) is 11.3. The summed E-state index contributed by atoms with van der Waals surface area (Å²) in [4.78, 5) is 27.9. The zero-order chi connectivity index (χ0) is 47.8. The van der Waals surface area contributed by atoms with Crippen LogP contribution in [0.4, 0.5) is 34.1 Å². The van der Waals surface area contributed by atoms with Crippen molar-refractivity contribution in [2.45, 2.75) is 0 Å². The Hall–Kier alpha value is -9.52. The number of carboxylic acid groups (broad SMARTS) is 2. The van der Waals surface area contributed by atoms with Crippen molar-refractivity contribution in [1.82, 2.24) is 0 Å². The molecular formula is C64H46N2O4. The van der Waals surface area contributed by atoms with Crippen LogP contribution in [-0.4, -0.2) is 22.2 Å². The van der Waals surface area contributed by atoms with Crippen LogP contribution in [0.2, 0.25) is 0 Å². The van der Waals surface area contributed by atoms with E-state index in [4.69, 9.17) is 0 Å². The lowest BCUT2D eigenvalue weighted by atomic mass is 9.84. The number of nitrogens with zero attached hydrogens (tertiary/aromatic N) is 2. The molecule has 0 unspecified atom stereocenters. The quantitative estimate of drug-likeness (QED) is 0.106. The molecule has 0 bridgehead atoms. The number of carbonyl (C=O) groups is 2. The third kappa shape index (κ3) is 9.52. The third-order valence-corrected chi connectivity index (χ3v) is 12.4. The SMILES string of the molecule is O=C(O)c1ccc(-c2ccc(C(=C(c3ccc(-c4ccc(C(=O)O)cc4)cc3)c3ccc(N(c4ccccc4)c4ccccc4)cc3)c3ccc(N(c4ccccc4)c4ccccc4)cc3)cc2)cc1. The Morgan fingerprint density at radius 3 is 0.629 bits per heavy atom. The molecule has 0 fully saturated rings. The minimum absolute atomic E-state index is 0.238. The van der Waals surface area contributed by atoms with E-state index in [1.165, 1.54) is 0 Å². The van der Waals surface area contributed by atoms with Crippen molar-refractivity contribution in [3.8, 4) is 22.3 Å². The predicted octanol–water partition coefficient (Wildman–Crippen LogP) is 16.4. The highest BCUT2D eigenvalue weighted by molar-refractivity contribution is 6.05. The van der Waals surface area contributed by atoms with Crippen molar-refractivity contribution in [2.24, 2.45) is 0 Å². The van der Waals surface area contributed by atoms with E-state index in [0.717, 1.165) is 89.8 Å². The van der Waals surface area contributed by atoms with Gasteiger partial charge >= 0.3 is 11.9 Å². The average molecular weight is 907 g/mol. The summed E-state index contributed by atoms with van der Waals surface area (Å²) in [6, 6.07) is 89.8. The molecule has 10 rings (SSSR count). The number of hydrogen-bond donors (Lipinski definition) is 2. The van der Waals surface area contributed by atoms with Gasteiger partial charge in [0.15, 0.2) is 0 Å². The Kier molecular flexibility index (Phi) is 12.8. The maximum Gasteiger partial charge on any atom is 0.335 e.